The van der Waals surface area contributed by atoms with Crippen LogP contribution in [0, 0.1) is 23.7 Å². The average Bonchev–Trinajstić information content (AvgIpc) is 2.00. The van der Waals surface area contributed by atoms with E-state index in [2.05, 4.69) is 41.5 Å². The maximum Gasteiger partial charge on any atom is -0.0389 e. The molecule has 0 bridgehead atoms. The zero-order valence-corrected chi connectivity index (χ0v) is 9.02. The van der Waals surface area contributed by atoms with Crippen molar-refractivity contribution in [2.24, 2.45) is 23.7 Å². The molecule has 0 N–H and O–H groups in total. The van der Waals surface area contributed by atoms with Crippen LogP contribution in [0.3, 0.4) is 0 Å². The summed E-state index contributed by atoms with van der Waals surface area (Å²) in [7, 11) is 0. The summed E-state index contributed by atoms with van der Waals surface area (Å²) in [5.74, 6) is 3.45. The molecule has 0 rings (SSSR count). The van der Waals surface area contributed by atoms with E-state index in [1.165, 1.54) is 6.42 Å². The molecule has 3 atom stereocenters. The van der Waals surface area contributed by atoms with Crippen molar-refractivity contribution >= 4 is 0 Å². The van der Waals surface area contributed by atoms with Crippen molar-refractivity contribution in [1.29, 1.82) is 0 Å². The normalized spacial score (nSPS) is 19.9. The molecule has 68 valence electrons. The highest BCUT2D eigenvalue weighted by atomic mass is 14.2. The van der Waals surface area contributed by atoms with Crippen molar-refractivity contribution in [2.75, 3.05) is 0 Å². The molecule has 0 aliphatic rings. The average molecular weight is 156 g/mol. The Bertz CT molecular complexity index is 94.2. The van der Waals surface area contributed by atoms with E-state index in [1.807, 2.05) is 0 Å². The number of hydrogen-bond donors (Lipinski definition) is 0. The van der Waals surface area contributed by atoms with Gasteiger partial charge in [-0.2, -0.15) is 0 Å². The van der Waals surface area contributed by atoms with Crippen molar-refractivity contribution in [3.63, 3.8) is 0 Å². The van der Waals surface area contributed by atoms with Crippen molar-refractivity contribution < 1.29 is 0 Å². The highest BCUT2D eigenvalue weighted by Gasteiger charge is 2.19. The summed E-state index contributed by atoms with van der Waals surface area (Å²) in [5, 5.41) is 0. The maximum absolute atomic E-state index is 2.39. The molecule has 0 heteroatoms. The van der Waals surface area contributed by atoms with E-state index < -0.39 is 0 Å². The summed E-state index contributed by atoms with van der Waals surface area (Å²) < 4.78 is 0. The highest BCUT2D eigenvalue weighted by Crippen LogP contribution is 2.27. The lowest BCUT2D eigenvalue weighted by Crippen LogP contribution is -2.20. The fourth-order valence-electron chi connectivity index (χ4n) is 1.50. The molecule has 0 unspecified atom stereocenters. The molecular formula is C11H24. The quantitative estimate of drug-likeness (QED) is 0.578. The first kappa shape index (κ1) is 11.0. The van der Waals surface area contributed by atoms with Crippen LogP contribution in [0.2, 0.25) is 0 Å². The second-order valence-electron chi connectivity index (χ2n) is 4.35. The third-order valence-electron chi connectivity index (χ3n) is 3.42. The monoisotopic (exact) mass is 156 g/mol. The Hall–Kier alpha value is 0. The Morgan fingerprint density at radius 1 is 0.818 bits per heavy atom. The molecule has 0 aliphatic heterocycles. The Kier molecular flexibility index (Phi) is 4.79. The third kappa shape index (κ3) is 3.27. The maximum atomic E-state index is 2.39. The number of hydrogen-bond acceptors (Lipinski definition) is 0. The van der Waals surface area contributed by atoms with E-state index in [-0.39, 0.29) is 0 Å². The standard InChI is InChI=1S/C11H24/c1-7-9(4)11(6)10(5)8(2)3/h8-11H,7H2,1-6H3/t9-,10-,11-/m0/s1. The minimum atomic E-state index is 0.832. The van der Waals surface area contributed by atoms with E-state index in [9.17, 15) is 0 Å². The smallest absolute Gasteiger partial charge is 0.0389 e. The van der Waals surface area contributed by atoms with E-state index in [0.29, 0.717) is 0 Å². The van der Waals surface area contributed by atoms with Gasteiger partial charge in [-0.05, 0) is 23.7 Å². The first-order valence-electron chi connectivity index (χ1n) is 5.00. The van der Waals surface area contributed by atoms with Gasteiger partial charge in [0.15, 0.2) is 0 Å². The summed E-state index contributed by atoms with van der Waals surface area (Å²) in [4.78, 5) is 0. The van der Waals surface area contributed by atoms with Gasteiger partial charge in [0.1, 0.15) is 0 Å². The second-order valence-corrected chi connectivity index (χ2v) is 4.35. The van der Waals surface area contributed by atoms with Gasteiger partial charge in [0.05, 0.1) is 0 Å². The largest absolute Gasteiger partial charge is 0.0651 e. The topological polar surface area (TPSA) is 0 Å². The predicted octanol–water partition coefficient (Wildman–Crippen LogP) is 3.96. The Balaban J connectivity index is 3.90. The molecule has 0 spiro atoms. The van der Waals surface area contributed by atoms with Gasteiger partial charge in [-0.25, -0.2) is 0 Å². The van der Waals surface area contributed by atoms with Crippen molar-refractivity contribution in [2.45, 2.75) is 48.0 Å². The molecule has 0 aliphatic carbocycles. The van der Waals surface area contributed by atoms with E-state index in [4.69, 9.17) is 0 Å². The molecule has 0 heterocycles. The van der Waals surface area contributed by atoms with Crippen LogP contribution < -0.4 is 0 Å². The van der Waals surface area contributed by atoms with Crippen LogP contribution >= 0.6 is 0 Å². The van der Waals surface area contributed by atoms with Crippen LogP contribution in [0.25, 0.3) is 0 Å². The molecule has 0 saturated heterocycles. The minimum absolute atomic E-state index is 0.832. The summed E-state index contributed by atoms with van der Waals surface area (Å²) in [6.07, 6.45) is 1.32. The van der Waals surface area contributed by atoms with Crippen LogP contribution in [0.1, 0.15) is 48.0 Å². The summed E-state index contributed by atoms with van der Waals surface area (Å²) in [5.41, 5.74) is 0. The SMILES string of the molecule is CC[C@H](C)[C@H](C)[C@@H](C)C(C)C. The third-order valence-corrected chi connectivity index (χ3v) is 3.42. The van der Waals surface area contributed by atoms with Gasteiger partial charge >= 0.3 is 0 Å². The molecule has 0 saturated carbocycles. The Morgan fingerprint density at radius 2 is 1.27 bits per heavy atom. The van der Waals surface area contributed by atoms with E-state index in [0.717, 1.165) is 23.7 Å². The van der Waals surface area contributed by atoms with Gasteiger partial charge in [0.2, 0.25) is 0 Å². The van der Waals surface area contributed by atoms with Crippen LogP contribution in [0.5, 0.6) is 0 Å². The Labute approximate surface area is 72.4 Å². The molecule has 0 aromatic rings. The van der Waals surface area contributed by atoms with Crippen LogP contribution in [-0.4, -0.2) is 0 Å². The van der Waals surface area contributed by atoms with Gasteiger partial charge < -0.3 is 0 Å². The molecule has 11 heavy (non-hydrogen) atoms. The van der Waals surface area contributed by atoms with Crippen molar-refractivity contribution in [3.05, 3.63) is 0 Å². The molecule has 0 fully saturated rings. The predicted molar refractivity (Wildman–Crippen MR) is 52.6 cm³/mol. The summed E-state index contributed by atoms with van der Waals surface area (Å²) in [6, 6.07) is 0. The van der Waals surface area contributed by atoms with E-state index >= 15 is 0 Å². The second kappa shape index (κ2) is 4.79. The van der Waals surface area contributed by atoms with Crippen LogP contribution in [0.15, 0.2) is 0 Å². The van der Waals surface area contributed by atoms with Gasteiger partial charge in [-0.1, -0.05) is 48.0 Å². The highest BCUT2D eigenvalue weighted by molar-refractivity contribution is 4.69. The van der Waals surface area contributed by atoms with E-state index in [1.54, 1.807) is 0 Å². The molecule has 0 aromatic carbocycles. The number of rotatable bonds is 4. The van der Waals surface area contributed by atoms with Crippen molar-refractivity contribution in [1.82, 2.24) is 0 Å². The minimum Gasteiger partial charge on any atom is -0.0651 e. The molecule has 0 amide bonds. The van der Waals surface area contributed by atoms with Crippen LogP contribution in [-0.2, 0) is 0 Å². The fourth-order valence-corrected chi connectivity index (χ4v) is 1.50. The summed E-state index contributed by atoms with van der Waals surface area (Å²) >= 11 is 0. The molecule has 0 radical (unpaired) electrons. The lowest BCUT2D eigenvalue weighted by atomic mass is 9.78. The lowest BCUT2D eigenvalue weighted by molar-refractivity contribution is 0.219. The molecule has 0 aromatic heterocycles. The first-order valence-corrected chi connectivity index (χ1v) is 5.00. The fraction of sp³-hybridized carbons (Fsp3) is 1.00. The molecule has 0 nitrogen and oxygen atoms in total. The van der Waals surface area contributed by atoms with Gasteiger partial charge in [0, 0.05) is 0 Å². The van der Waals surface area contributed by atoms with Gasteiger partial charge in [-0.15, -0.1) is 0 Å². The summed E-state index contributed by atoms with van der Waals surface area (Å²) in [6.45, 7) is 14.1. The zero-order chi connectivity index (χ0) is 9.02. The van der Waals surface area contributed by atoms with Gasteiger partial charge in [0.25, 0.3) is 0 Å². The van der Waals surface area contributed by atoms with Gasteiger partial charge in [-0.3, -0.25) is 0 Å². The molecular weight excluding hydrogens is 132 g/mol. The zero-order valence-electron chi connectivity index (χ0n) is 9.02. The Morgan fingerprint density at radius 3 is 1.55 bits per heavy atom. The first-order chi connectivity index (χ1) is 5.00. The van der Waals surface area contributed by atoms with Crippen molar-refractivity contribution in [3.8, 4) is 0 Å². The van der Waals surface area contributed by atoms with Crippen LogP contribution in [0.4, 0.5) is 0 Å². The lowest BCUT2D eigenvalue weighted by Gasteiger charge is -2.28.